The Hall–Kier alpha value is -2.82. The number of rotatable bonds is 7. The number of anilines is 1. The molecular formula is C29H35N3O2. The maximum absolute atomic E-state index is 12.7. The largest absolute Gasteiger partial charge is 0.351 e. The summed E-state index contributed by atoms with van der Waals surface area (Å²) in [7, 11) is 0. The Bertz CT molecular complexity index is 1220. The summed E-state index contributed by atoms with van der Waals surface area (Å²) in [5, 5.41) is 8.83. The van der Waals surface area contributed by atoms with Crippen molar-refractivity contribution in [2.24, 2.45) is 17.8 Å². The van der Waals surface area contributed by atoms with Gasteiger partial charge in [0, 0.05) is 52.4 Å². The van der Waals surface area contributed by atoms with Crippen LogP contribution in [0.4, 0.5) is 5.69 Å². The maximum Gasteiger partial charge on any atom is 0.224 e. The molecule has 178 valence electrons. The van der Waals surface area contributed by atoms with Crippen LogP contribution in [-0.4, -0.2) is 21.9 Å². The Kier molecular flexibility index (Phi) is 5.39. The Balaban J connectivity index is 1.05. The summed E-state index contributed by atoms with van der Waals surface area (Å²) in [6.07, 6.45) is 9.01. The van der Waals surface area contributed by atoms with E-state index in [1.165, 1.54) is 54.9 Å². The van der Waals surface area contributed by atoms with Crippen LogP contribution in [0.3, 0.4) is 0 Å². The minimum absolute atomic E-state index is 0.0267. The number of hydrogen-bond donors (Lipinski definition) is 2. The van der Waals surface area contributed by atoms with Crippen molar-refractivity contribution < 1.29 is 9.59 Å². The molecule has 4 bridgehead atoms. The van der Waals surface area contributed by atoms with Gasteiger partial charge >= 0.3 is 0 Å². The van der Waals surface area contributed by atoms with Gasteiger partial charge in [-0.15, -0.1) is 0 Å². The van der Waals surface area contributed by atoms with Crippen molar-refractivity contribution in [3.05, 3.63) is 42.5 Å². The molecule has 5 heteroatoms. The molecule has 2 aromatic carbocycles. The third kappa shape index (κ3) is 3.89. The summed E-state index contributed by atoms with van der Waals surface area (Å²) < 4.78 is 2.30. The summed E-state index contributed by atoms with van der Waals surface area (Å²) in [4.78, 5) is 25.3. The lowest BCUT2D eigenvalue weighted by Crippen LogP contribution is -2.59. The van der Waals surface area contributed by atoms with Gasteiger partial charge in [-0.1, -0.05) is 18.2 Å². The van der Waals surface area contributed by atoms with Crippen LogP contribution in [0.2, 0.25) is 0 Å². The van der Waals surface area contributed by atoms with E-state index in [1.54, 1.807) is 0 Å². The van der Waals surface area contributed by atoms with Crippen LogP contribution in [0.5, 0.6) is 0 Å². The van der Waals surface area contributed by atoms with Gasteiger partial charge in [0.05, 0.1) is 0 Å². The molecule has 2 amide bonds. The summed E-state index contributed by atoms with van der Waals surface area (Å²) in [5.74, 6) is 2.56. The summed E-state index contributed by atoms with van der Waals surface area (Å²) in [5.41, 5.74) is 3.27. The quantitative estimate of drug-likeness (QED) is 0.456. The van der Waals surface area contributed by atoms with Crippen LogP contribution in [-0.2, 0) is 16.1 Å². The summed E-state index contributed by atoms with van der Waals surface area (Å²) >= 11 is 0. The van der Waals surface area contributed by atoms with Crippen LogP contribution < -0.4 is 10.6 Å². The molecule has 0 atom stereocenters. The van der Waals surface area contributed by atoms with Gasteiger partial charge in [-0.3, -0.25) is 9.59 Å². The number of benzene rings is 2. The molecular weight excluding hydrogens is 422 g/mol. The number of carbonyl (C=O) groups excluding carboxylic acids is 2. The van der Waals surface area contributed by atoms with Gasteiger partial charge in [-0.25, -0.2) is 0 Å². The molecule has 0 aliphatic heterocycles. The van der Waals surface area contributed by atoms with E-state index in [0.717, 1.165) is 35.4 Å². The molecule has 1 aromatic heterocycles. The number of nitrogens with zero attached hydrogens (tertiary/aromatic N) is 1. The number of aromatic nitrogens is 1. The third-order valence-corrected chi connectivity index (χ3v) is 8.62. The molecule has 0 radical (unpaired) electrons. The molecule has 7 rings (SSSR count). The number of fused-ring (bicyclic) bond motifs is 3. The average molecular weight is 458 g/mol. The molecule has 1 heterocycles. The number of hydrogen-bond acceptors (Lipinski definition) is 2. The highest BCUT2D eigenvalue weighted by Crippen LogP contribution is 2.55. The first-order chi connectivity index (χ1) is 16.5. The average Bonchev–Trinajstić information content (AvgIpc) is 3.11. The molecule has 0 unspecified atom stereocenters. The number of para-hydroxylation sites is 1. The molecule has 3 aromatic rings. The van der Waals surface area contributed by atoms with E-state index >= 15 is 0 Å². The molecule has 4 aliphatic carbocycles. The normalized spacial score (nSPS) is 27.4. The predicted octanol–water partition coefficient (Wildman–Crippen LogP) is 6.01. The fourth-order valence-corrected chi connectivity index (χ4v) is 7.73. The van der Waals surface area contributed by atoms with Crippen LogP contribution in [0.1, 0.15) is 64.7 Å². The lowest BCUT2D eigenvalue weighted by molar-refractivity contribution is -0.127. The highest BCUT2D eigenvalue weighted by Gasteiger charge is 2.51. The van der Waals surface area contributed by atoms with E-state index in [-0.39, 0.29) is 17.4 Å². The first-order valence-corrected chi connectivity index (χ1v) is 13.1. The minimum Gasteiger partial charge on any atom is -0.351 e. The Labute approximate surface area is 201 Å². The van der Waals surface area contributed by atoms with E-state index < -0.39 is 0 Å². The van der Waals surface area contributed by atoms with Gasteiger partial charge in [0.1, 0.15) is 0 Å². The van der Waals surface area contributed by atoms with E-state index in [2.05, 4.69) is 58.5 Å². The Morgan fingerprint density at radius 2 is 1.53 bits per heavy atom. The van der Waals surface area contributed by atoms with Gasteiger partial charge in [0.25, 0.3) is 0 Å². The number of amides is 2. The standard InChI is InChI=1S/C29H35N3O2/c1-2-32-25-7-4-3-6-23(25)24-15-22(10-11-26(24)32)30-27(33)8-5-9-28(34)31-29-16-19-12-20(17-29)14-21(13-19)18-29/h3-4,6-7,10-11,15,19-21H,2,5,8-9,12-14,16-18H2,1H3,(H,30,33)(H,31,34). The number of aryl methyl sites for hydroxylation is 1. The van der Waals surface area contributed by atoms with Gasteiger partial charge in [-0.2, -0.15) is 0 Å². The Morgan fingerprint density at radius 1 is 0.882 bits per heavy atom. The molecule has 4 fully saturated rings. The fraction of sp³-hybridized carbons (Fsp3) is 0.517. The van der Waals surface area contributed by atoms with E-state index in [9.17, 15) is 9.59 Å². The molecule has 4 aliphatic rings. The molecule has 2 N–H and O–H groups in total. The lowest BCUT2D eigenvalue weighted by Gasteiger charge is -2.56. The SMILES string of the molecule is CCn1c2ccccc2c2cc(NC(=O)CCCC(=O)NC34CC5CC(CC(C5)C3)C4)ccc21. The minimum atomic E-state index is -0.0267. The summed E-state index contributed by atoms with van der Waals surface area (Å²) in [6, 6.07) is 14.5. The van der Waals surface area contributed by atoms with Crippen molar-refractivity contribution >= 4 is 39.3 Å². The first kappa shape index (κ1) is 21.7. The topological polar surface area (TPSA) is 63.1 Å². The Morgan fingerprint density at radius 3 is 2.24 bits per heavy atom. The zero-order valence-corrected chi connectivity index (χ0v) is 20.1. The van der Waals surface area contributed by atoms with Crippen molar-refractivity contribution in [1.82, 2.24) is 9.88 Å². The van der Waals surface area contributed by atoms with Crippen molar-refractivity contribution in [3.63, 3.8) is 0 Å². The van der Waals surface area contributed by atoms with Crippen LogP contribution in [0.25, 0.3) is 21.8 Å². The van der Waals surface area contributed by atoms with Crippen molar-refractivity contribution in [2.75, 3.05) is 5.32 Å². The monoisotopic (exact) mass is 457 g/mol. The number of nitrogens with one attached hydrogen (secondary N) is 2. The molecule has 0 spiro atoms. The highest BCUT2D eigenvalue weighted by molar-refractivity contribution is 6.09. The van der Waals surface area contributed by atoms with Crippen LogP contribution in [0, 0.1) is 17.8 Å². The number of carbonyl (C=O) groups is 2. The van der Waals surface area contributed by atoms with E-state index in [4.69, 9.17) is 0 Å². The van der Waals surface area contributed by atoms with Gasteiger partial charge in [-0.05, 0) is 93.9 Å². The maximum atomic E-state index is 12.7. The molecule has 5 nitrogen and oxygen atoms in total. The predicted molar refractivity (Wildman–Crippen MR) is 137 cm³/mol. The molecule has 4 saturated carbocycles. The van der Waals surface area contributed by atoms with Gasteiger partial charge in [0.2, 0.25) is 11.8 Å². The van der Waals surface area contributed by atoms with Gasteiger partial charge in [0.15, 0.2) is 0 Å². The zero-order chi connectivity index (χ0) is 23.3. The zero-order valence-electron chi connectivity index (χ0n) is 20.1. The molecule has 0 saturated heterocycles. The first-order valence-electron chi connectivity index (χ1n) is 13.1. The fourth-order valence-electron chi connectivity index (χ4n) is 7.73. The summed E-state index contributed by atoms with van der Waals surface area (Å²) in [6.45, 7) is 3.06. The van der Waals surface area contributed by atoms with Gasteiger partial charge < -0.3 is 15.2 Å². The second kappa shape index (κ2) is 8.44. The third-order valence-electron chi connectivity index (χ3n) is 8.62. The highest BCUT2D eigenvalue weighted by atomic mass is 16.2. The van der Waals surface area contributed by atoms with E-state index in [0.29, 0.717) is 19.3 Å². The lowest BCUT2D eigenvalue weighted by atomic mass is 9.53. The molecule has 34 heavy (non-hydrogen) atoms. The second-order valence-corrected chi connectivity index (χ2v) is 11.1. The van der Waals surface area contributed by atoms with Crippen LogP contribution in [0.15, 0.2) is 42.5 Å². The van der Waals surface area contributed by atoms with Crippen LogP contribution >= 0.6 is 0 Å². The smallest absolute Gasteiger partial charge is 0.224 e. The van der Waals surface area contributed by atoms with E-state index in [1.807, 2.05) is 6.07 Å². The van der Waals surface area contributed by atoms with Crippen molar-refractivity contribution in [3.8, 4) is 0 Å². The van der Waals surface area contributed by atoms with Crippen molar-refractivity contribution in [2.45, 2.75) is 76.8 Å². The van der Waals surface area contributed by atoms with Crippen molar-refractivity contribution in [1.29, 1.82) is 0 Å². The second-order valence-electron chi connectivity index (χ2n) is 11.1.